The van der Waals surface area contributed by atoms with Gasteiger partial charge in [0.25, 0.3) is 0 Å². The summed E-state index contributed by atoms with van der Waals surface area (Å²) in [5.41, 5.74) is 0.689. The molecule has 0 aliphatic rings. The number of sulfonamides is 1. The molecule has 0 aliphatic heterocycles. The summed E-state index contributed by atoms with van der Waals surface area (Å²) in [6, 6.07) is 2.08. The SMILES string of the molecule is CCOc1cc(C)c(Cl)cc1S(=O)(=O)NC(C)c1n[nH]c(CC(=O)O)n1. The second-order valence-electron chi connectivity index (χ2n) is 5.53. The number of aryl methyl sites for hydroxylation is 1. The van der Waals surface area contributed by atoms with E-state index in [1.807, 2.05) is 0 Å². The molecule has 26 heavy (non-hydrogen) atoms. The fourth-order valence-corrected chi connectivity index (χ4v) is 3.77. The molecule has 1 heterocycles. The number of carboxylic acids is 1. The van der Waals surface area contributed by atoms with Crippen LogP contribution in [0.15, 0.2) is 17.0 Å². The lowest BCUT2D eigenvalue weighted by Gasteiger charge is -2.15. The summed E-state index contributed by atoms with van der Waals surface area (Å²) in [4.78, 5) is 14.6. The number of benzene rings is 1. The topological polar surface area (TPSA) is 134 Å². The molecule has 2 aromatic rings. The maximum absolute atomic E-state index is 12.8. The predicted octanol–water partition coefficient (Wildman–Crippen LogP) is 1.83. The Morgan fingerprint density at radius 1 is 1.46 bits per heavy atom. The van der Waals surface area contributed by atoms with Gasteiger partial charge in [-0.25, -0.2) is 18.1 Å². The minimum atomic E-state index is -3.98. The number of rotatable bonds is 8. The van der Waals surface area contributed by atoms with Gasteiger partial charge in [0, 0.05) is 5.02 Å². The van der Waals surface area contributed by atoms with Crippen LogP contribution in [0.1, 0.15) is 37.1 Å². The maximum Gasteiger partial charge on any atom is 0.311 e. The molecule has 0 fully saturated rings. The quantitative estimate of drug-likeness (QED) is 0.613. The Labute approximate surface area is 155 Å². The fraction of sp³-hybridized carbons (Fsp3) is 0.400. The van der Waals surface area contributed by atoms with Gasteiger partial charge in [-0.2, -0.15) is 5.10 Å². The van der Waals surface area contributed by atoms with Crippen molar-refractivity contribution in [3.8, 4) is 5.75 Å². The summed E-state index contributed by atoms with van der Waals surface area (Å²) in [5, 5.41) is 15.4. The molecule has 1 aromatic heterocycles. The minimum absolute atomic E-state index is 0.0944. The second-order valence-corrected chi connectivity index (χ2v) is 7.62. The van der Waals surface area contributed by atoms with E-state index in [0.717, 1.165) is 0 Å². The van der Waals surface area contributed by atoms with Gasteiger partial charge in [0.05, 0.1) is 12.6 Å². The zero-order chi connectivity index (χ0) is 19.5. The van der Waals surface area contributed by atoms with Crippen LogP contribution >= 0.6 is 11.6 Å². The molecule has 0 amide bonds. The Kier molecular flexibility index (Phi) is 6.21. The van der Waals surface area contributed by atoms with Gasteiger partial charge in [0.1, 0.15) is 22.9 Å². The van der Waals surface area contributed by atoms with E-state index in [-0.39, 0.29) is 28.7 Å². The minimum Gasteiger partial charge on any atom is -0.492 e. The van der Waals surface area contributed by atoms with Crippen molar-refractivity contribution >= 4 is 27.6 Å². The first-order valence-corrected chi connectivity index (χ1v) is 9.58. The highest BCUT2D eigenvalue weighted by Crippen LogP contribution is 2.31. The molecule has 0 spiro atoms. The van der Waals surface area contributed by atoms with Crippen molar-refractivity contribution in [2.24, 2.45) is 0 Å². The molecule has 0 saturated carbocycles. The number of aromatic nitrogens is 3. The standard InChI is InChI=1S/C15H19ClN4O5S/c1-4-25-11-5-8(2)10(16)6-12(11)26(23,24)20-9(3)15-17-13(18-19-15)7-14(21)22/h5-6,9,20H,4,7H2,1-3H3,(H,21,22)(H,17,18,19). The number of ether oxygens (including phenoxy) is 1. The third kappa shape index (κ3) is 4.71. The van der Waals surface area contributed by atoms with Crippen molar-refractivity contribution in [3.63, 3.8) is 0 Å². The highest BCUT2D eigenvalue weighted by molar-refractivity contribution is 7.89. The smallest absolute Gasteiger partial charge is 0.311 e. The van der Waals surface area contributed by atoms with E-state index in [4.69, 9.17) is 21.4 Å². The van der Waals surface area contributed by atoms with E-state index in [1.165, 1.54) is 6.07 Å². The van der Waals surface area contributed by atoms with E-state index in [9.17, 15) is 13.2 Å². The molecule has 0 bridgehead atoms. The third-order valence-corrected chi connectivity index (χ3v) is 5.37. The lowest BCUT2D eigenvalue weighted by Crippen LogP contribution is -2.28. The Morgan fingerprint density at radius 2 is 2.15 bits per heavy atom. The van der Waals surface area contributed by atoms with E-state index >= 15 is 0 Å². The lowest BCUT2D eigenvalue weighted by molar-refractivity contribution is -0.136. The van der Waals surface area contributed by atoms with E-state index in [1.54, 1.807) is 26.8 Å². The van der Waals surface area contributed by atoms with Crippen molar-refractivity contribution in [3.05, 3.63) is 34.4 Å². The molecular formula is C15H19ClN4O5S. The number of hydrogen-bond acceptors (Lipinski definition) is 6. The van der Waals surface area contributed by atoms with Gasteiger partial charge in [0.15, 0.2) is 5.82 Å². The Bertz CT molecular complexity index is 913. The molecule has 1 aromatic carbocycles. The fourth-order valence-electron chi connectivity index (χ4n) is 2.19. The van der Waals surface area contributed by atoms with Gasteiger partial charge < -0.3 is 9.84 Å². The van der Waals surface area contributed by atoms with Gasteiger partial charge in [-0.15, -0.1) is 0 Å². The number of aliphatic carboxylic acids is 1. The molecule has 142 valence electrons. The number of carbonyl (C=O) groups is 1. The summed E-state index contributed by atoms with van der Waals surface area (Å²) in [6.07, 6.45) is -0.339. The summed E-state index contributed by atoms with van der Waals surface area (Å²) in [6.45, 7) is 5.32. The van der Waals surface area contributed by atoms with Gasteiger partial charge in [0.2, 0.25) is 10.0 Å². The lowest BCUT2D eigenvalue weighted by atomic mass is 10.2. The van der Waals surface area contributed by atoms with Crippen LogP contribution in [0.25, 0.3) is 0 Å². The number of H-pyrrole nitrogens is 1. The predicted molar refractivity (Wildman–Crippen MR) is 93.8 cm³/mol. The van der Waals surface area contributed by atoms with Crippen LogP contribution in [-0.4, -0.2) is 41.3 Å². The van der Waals surface area contributed by atoms with Gasteiger partial charge in [-0.05, 0) is 38.5 Å². The van der Waals surface area contributed by atoms with Gasteiger partial charge in [-0.3, -0.25) is 9.89 Å². The number of hydrogen-bond donors (Lipinski definition) is 3. The normalized spacial score (nSPS) is 12.8. The van der Waals surface area contributed by atoms with Crippen molar-refractivity contribution in [1.29, 1.82) is 0 Å². The van der Waals surface area contributed by atoms with E-state index < -0.39 is 22.0 Å². The average molecular weight is 403 g/mol. The monoisotopic (exact) mass is 402 g/mol. The van der Waals surface area contributed by atoms with Crippen LogP contribution in [0, 0.1) is 6.92 Å². The summed E-state index contributed by atoms with van der Waals surface area (Å²) in [7, 11) is -3.98. The van der Waals surface area contributed by atoms with Crippen molar-refractivity contribution in [2.75, 3.05) is 6.61 Å². The first-order valence-electron chi connectivity index (χ1n) is 7.72. The van der Waals surface area contributed by atoms with E-state index in [0.29, 0.717) is 17.2 Å². The highest BCUT2D eigenvalue weighted by atomic mass is 35.5. The molecule has 9 nitrogen and oxygen atoms in total. The zero-order valence-electron chi connectivity index (χ0n) is 14.4. The summed E-state index contributed by atoms with van der Waals surface area (Å²) >= 11 is 6.06. The van der Waals surface area contributed by atoms with Crippen LogP contribution in [0.3, 0.4) is 0 Å². The third-order valence-electron chi connectivity index (χ3n) is 3.40. The van der Waals surface area contributed by atoms with Gasteiger partial charge >= 0.3 is 5.97 Å². The molecule has 3 N–H and O–H groups in total. The highest BCUT2D eigenvalue weighted by Gasteiger charge is 2.25. The molecule has 1 unspecified atom stereocenters. The van der Waals surface area contributed by atoms with Crippen LogP contribution in [-0.2, 0) is 21.2 Å². The van der Waals surface area contributed by atoms with E-state index in [2.05, 4.69) is 19.9 Å². The number of aromatic amines is 1. The second kappa shape index (κ2) is 8.02. The Balaban J connectivity index is 2.29. The van der Waals surface area contributed by atoms with Crippen molar-refractivity contribution in [2.45, 2.75) is 38.1 Å². The first kappa shape index (κ1) is 20.1. The molecular weight excluding hydrogens is 384 g/mol. The van der Waals surface area contributed by atoms with Crippen LogP contribution in [0.5, 0.6) is 5.75 Å². The molecule has 11 heteroatoms. The van der Waals surface area contributed by atoms with Crippen molar-refractivity contribution < 1.29 is 23.1 Å². The Hall–Kier alpha value is -2.17. The maximum atomic E-state index is 12.8. The largest absolute Gasteiger partial charge is 0.492 e. The van der Waals surface area contributed by atoms with Crippen molar-refractivity contribution in [1.82, 2.24) is 19.9 Å². The molecule has 0 radical (unpaired) electrons. The van der Waals surface area contributed by atoms with Crippen LogP contribution in [0.2, 0.25) is 5.02 Å². The first-order chi connectivity index (χ1) is 12.1. The molecule has 2 rings (SSSR count). The molecule has 0 aliphatic carbocycles. The van der Waals surface area contributed by atoms with Crippen LogP contribution < -0.4 is 9.46 Å². The Morgan fingerprint density at radius 3 is 2.77 bits per heavy atom. The average Bonchev–Trinajstić information content (AvgIpc) is 2.98. The number of nitrogens with zero attached hydrogens (tertiary/aromatic N) is 2. The van der Waals surface area contributed by atoms with Gasteiger partial charge in [-0.1, -0.05) is 11.6 Å². The molecule has 1 atom stereocenters. The number of halogens is 1. The number of nitrogens with one attached hydrogen (secondary N) is 2. The molecule has 0 saturated heterocycles. The summed E-state index contributed by atoms with van der Waals surface area (Å²) in [5.74, 6) is -0.625. The zero-order valence-corrected chi connectivity index (χ0v) is 16.0. The van der Waals surface area contributed by atoms with Crippen LogP contribution in [0.4, 0.5) is 0 Å². The summed E-state index contributed by atoms with van der Waals surface area (Å²) < 4.78 is 33.4. The number of carboxylic acid groups (broad SMARTS) is 1.